The predicted octanol–water partition coefficient (Wildman–Crippen LogP) is 2.63. The molecule has 0 aliphatic heterocycles. The third-order valence-corrected chi connectivity index (χ3v) is 3.32. The zero-order valence-electron chi connectivity index (χ0n) is 11.7. The summed E-state index contributed by atoms with van der Waals surface area (Å²) in [6.07, 6.45) is 0. The van der Waals surface area contributed by atoms with Crippen LogP contribution in [0, 0.1) is 13.8 Å². The average molecular weight is 268 g/mol. The minimum Gasteiger partial charge on any atom is -0.481 e. The van der Waals surface area contributed by atoms with Crippen LogP contribution in [0.15, 0.2) is 30.3 Å². The number of imidazole rings is 1. The van der Waals surface area contributed by atoms with Gasteiger partial charge in [0.2, 0.25) is 11.8 Å². The minimum atomic E-state index is 0.425. The molecule has 5 heteroatoms. The van der Waals surface area contributed by atoms with Gasteiger partial charge in [-0.15, -0.1) is 0 Å². The maximum atomic E-state index is 6.07. The van der Waals surface area contributed by atoms with E-state index in [0.29, 0.717) is 17.5 Å². The third-order valence-electron chi connectivity index (χ3n) is 3.32. The van der Waals surface area contributed by atoms with E-state index in [1.165, 1.54) is 0 Å². The largest absolute Gasteiger partial charge is 0.481 e. The molecular formula is C15H16N4O. The van der Waals surface area contributed by atoms with Gasteiger partial charge in [0.25, 0.3) is 0 Å². The summed E-state index contributed by atoms with van der Waals surface area (Å²) in [5.74, 6) is 0.971. The van der Waals surface area contributed by atoms with E-state index in [1.54, 1.807) is 13.2 Å². The lowest BCUT2D eigenvalue weighted by molar-refractivity contribution is 0.399. The van der Waals surface area contributed by atoms with Crippen molar-refractivity contribution in [1.82, 2.24) is 14.5 Å². The first-order chi connectivity index (χ1) is 9.60. The average Bonchev–Trinajstić information content (AvgIpc) is 2.76. The summed E-state index contributed by atoms with van der Waals surface area (Å²) in [6.45, 7) is 4.09. The SMILES string of the molecule is COc1ccc2nc(N)n(-c3cc(C)ccc3C)c2n1. The Kier molecular flexibility index (Phi) is 2.82. The monoisotopic (exact) mass is 268 g/mol. The van der Waals surface area contributed by atoms with Crippen LogP contribution in [0.25, 0.3) is 16.9 Å². The Morgan fingerprint density at radius 1 is 1.10 bits per heavy atom. The fraction of sp³-hybridized carbons (Fsp3) is 0.200. The van der Waals surface area contributed by atoms with Gasteiger partial charge >= 0.3 is 0 Å². The number of aryl methyl sites for hydroxylation is 2. The van der Waals surface area contributed by atoms with Gasteiger partial charge in [-0.3, -0.25) is 4.57 Å². The molecule has 0 spiro atoms. The van der Waals surface area contributed by atoms with Crippen LogP contribution in [0.5, 0.6) is 5.88 Å². The summed E-state index contributed by atoms with van der Waals surface area (Å²) in [4.78, 5) is 8.82. The Balaban J connectivity index is 2.34. The van der Waals surface area contributed by atoms with Gasteiger partial charge in [0.1, 0.15) is 5.52 Å². The number of anilines is 1. The molecule has 0 bridgehead atoms. The fourth-order valence-corrected chi connectivity index (χ4v) is 2.27. The number of fused-ring (bicyclic) bond motifs is 1. The molecule has 2 N–H and O–H groups in total. The van der Waals surface area contributed by atoms with E-state index in [-0.39, 0.29) is 0 Å². The lowest BCUT2D eigenvalue weighted by atomic mass is 10.1. The Morgan fingerprint density at radius 3 is 2.65 bits per heavy atom. The van der Waals surface area contributed by atoms with E-state index >= 15 is 0 Å². The molecule has 3 rings (SSSR count). The van der Waals surface area contributed by atoms with E-state index in [1.807, 2.05) is 24.5 Å². The van der Waals surface area contributed by atoms with E-state index in [9.17, 15) is 0 Å². The number of nitrogens with two attached hydrogens (primary N) is 1. The van der Waals surface area contributed by atoms with Gasteiger partial charge in [0, 0.05) is 6.07 Å². The standard InChI is InChI=1S/C15H16N4O/c1-9-4-5-10(2)12(8-9)19-14-11(17-15(19)16)6-7-13(18-14)20-3/h4-8H,1-3H3,(H2,16,17). The molecule has 0 fully saturated rings. The van der Waals surface area contributed by atoms with Crippen LogP contribution in [-0.4, -0.2) is 21.6 Å². The Bertz CT molecular complexity index is 792. The van der Waals surface area contributed by atoms with E-state index in [4.69, 9.17) is 10.5 Å². The molecule has 102 valence electrons. The van der Waals surface area contributed by atoms with Crippen LogP contribution in [-0.2, 0) is 0 Å². The lowest BCUT2D eigenvalue weighted by Gasteiger charge is -2.10. The molecule has 0 amide bonds. The summed E-state index contributed by atoms with van der Waals surface area (Å²) in [5, 5.41) is 0. The molecule has 1 aromatic carbocycles. The lowest BCUT2D eigenvalue weighted by Crippen LogP contribution is -2.04. The molecule has 0 saturated heterocycles. The first-order valence-corrected chi connectivity index (χ1v) is 6.37. The molecule has 0 aliphatic rings. The van der Waals surface area contributed by atoms with Crippen molar-refractivity contribution in [3.05, 3.63) is 41.5 Å². The highest BCUT2D eigenvalue weighted by Gasteiger charge is 2.14. The molecule has 5 nitrogen and oxygen atoms in total. The van der Waals surface area contributed by atoms with Crippen molar-refractivity contribution in [2.24, 2.45) is 0 Å². The second-order valence-electron chi connectivity index (χ2n) is 4.79. The predicted molar refractivity (Wildman–Crippen MR) is 79.3 cm³/mol. The molecule has 20 heavy (non-hydrogen) atoms. The van der Waals surface area contributed by atoms with Crippen LogP contribution in [0.2, 0.25) is 0 Å². The molecule has 0 unspecified atom stereocenters. The zero-order chi connectivity index (χ0) is 14.3. The number of methoxy groups -OCH3 is 1. The smallest absolute Gasteiger partial charge is 0.215 e. The van der Waals surface area contributed by atoms with Crippen LogP contribution in [0.4, 0.5) is 5.95 Å². The van der Waals surface area contributed by atoms with E-state index in [2.05, 4.69) is 28.2 Å². The maximum Gasteiger partial charge on any atom is 0.215 e. The number of hydrogen-bond donors (Lipinski definition) is 1. The van der Waals surface area contributed by atoms with Crippen molar-refractivity contribution in [1.29, 1.82) is 0 Å². The minimum absolute atomic E-state index is 0.425. The number of nitrogen functional groups attached to an aromatic ring is 1. The summed E-state index contributed by atoms with van der Waals surface area (Å²) >= 11 is 0. The van der Waals surface area contributed by atoms with Gasteiger partial charge in [-0.05, 0) is 37.1 Å². The summed E-state index contributed by atoms with van der Waals surface area (Å²) in [6, 6.07) is 9.85. The third kappa shape index (κ3) is 1.87. The molecule has 0 saturated carbocycles. The highest BCUT2D eigenvalue weighted by molar-refractivity contribution is 5.78. The number of pyridine rings is 1. The number of ether oxygens (including phenoxy) is 1. The Labute approximate surface area is 117 Å². The highest BCUT2D eigenvalue weighted by Crippen LogP contribution is 2.26. The van der Waals surface area contributed by atoms with Gasteiger partial charge in [-0.1, -0.05) is 12.1 Å². The molecule has 0 atom stereocenters. The summed E-state index contributed by atoms with van der Waals surface area (Å²) < 4.78 is 7.04. The second-order valence-corrected chi connectivity index (χ2v) is 4.79. The summed E-state index contributed by atoms with van der Waals surface area (Å²) in [7, 11) is 1.59. The second kappa shape index (κ2) is 4.52. The Hall–Kier alpha value is -2.56. The molecule has 3 aromatic rings. The van der Waals surface area contributed by atoms with Gasteiger partial charge < -0.3 is 10.5 Å². The molecule has 0 aliphatic carbocycles. The Morgan fingerprint density at radius 2 is 1.90 bits per heavy atom. The molecule has 2 aromatic heterocycles. The number of nitrogens with zero attached hydrogens (tertiary/aromatic N) is 3. The van der Waals surface area contributed by atoms with Crippen LogP contribution in [0.1, 0.15) is 11.1 Å². The van der Waals surface area contributed by atoms with E-state index < -0.39 is 0 Å². The molecule has 0 radical (unpaired) electrons. The van der Waals surface area contributed by atoms with Crippen molar-refractivity contribution < 1.29 is 4.74 Å². The van der Waals surface area contributed by atoms with Crippen molar-refractivity contribution in [2.75, 3.05) is 12.8 Å². The number of benzene rings is 1. The first-order valence-electron chi connectivity index (χ1n) is 6.37. The van der Waals surface area contributed by atoms with Gasteiger partial charge in [-0.2, -0.15) is 4.98 Å². The number of hydrogen-bond acceptors (Lipinski definition) is 4. The first kappa shape index (κ1) is 12.5. The fourth-order valence-electron chi connectivity index (χ4n) is 2.27. The quantitative estimate of drug-likeness (QED) is 0.776. The maximum absolute atomic E-state index is 6.07. The van der Waals surface area contributed by atoms with E-state index in [0.717, 1.165) is 22.3 Å². The molecular weight excluding hydrogens is 252 g/mol. The normalized spacial score (nSPS) is 10.9. The highest BCUT2D eigenvalue weighted by atomic mass is 16.5. The zero-order valence-corrected chi connectivity index (χ0v) is 11.7. The van der Waals surface area contributed by atoms with Crippen molar-refractivity contribution >= 4 is 17.1 Å². The number of rotatable bonds is 2. The van der Waals surface area contributed by atoms with Gasteiger partial charge in [-0.25, -0.2) is 4.98 Å². The topological polar surface area (TPSA) is 66.0 Å². The van der Waals surface area contributed by atoms with Crippen molar-refractivity contribution in [3.63, 3.8) is 0 Å². The van der Waals surface area contributed by atoms with Gasteiger partial charge in [0.15, 0.2) is 5.65 Å². The van der Waals surface area contributed by atoms with Crippen molar-refractivity contribution in [2.45, 2.75) is 13.8 Å². The molecule has 2 heterocycles. The van der Waals surface area contributed by atoms with Crippen LogP contribution < -0.4 is 10.5 Å². The van der Waals surface area contributed by atoms with Crippen molar-refractivity contribution in [3.8, 4) is 11.6 Å². The van der Waals surface area contributed by atoms with Gasteiger partial charge in [0.05, 0.1) is 12.8 Å². The van der Waals surface area contributed by atoms with Crippen LogP contribution in [0.3, 0.4) is 0 Å². The van der Waals surface area contributed by atoms with Crippen LogP contribution >= 0.6 is 0 Å². The summed E-state index contributed by atoms with van der Waals surface area (Å²) in [5.41, 5.74) is 10.8. The number of aromatic nitrogens is 3.